The highest BCUT2D eigenvalue weighted by Gasteiger charge is 2.11. The first-order valence-corrected chi connectivity index (χ1v) is 6.69. The number of ether oxygens (including phenoxy) is 1. The molecule has 2 N–H and O–H groups in total. The summed E-state index contributed by atoms with van der Waals surface area (Å²) in [4.78, 5) is 4.39. The molecule has 0 atom stereocenters. The molecule has 0 aliphatic carbocycles. The molecule has 0 fully saturated rings. The van der Waals surface area contributed by atoms with Crippen LogP contribution >= 0.6 is 15.9 Å². The van der Waals surface area contributed by atoms with Crippen molar-refractivity contribution >= 4 is 21.6 Å². The summed E-state index contributed by atoms with van der Waals surface area (Å²) < 4.78 is 19.5. The Kier molecular flexibility index (Phi) is 4.04. The highest BCUT2D eigenvalue weighted by molar-refractivity contribution is 9.10. The number of nitrogens with two attached hydrogens (primary N) is 1. The molecule has 0 saturated heterocycles. The van der Waals surface area contributed by atoms with Crippen molar-refractivity contribution in [2.45, 2.75) is 20.3 Å². The number of nitrogen functional groups attached to an aromatic ring is 1. The van der Waals surface area contributed by atoms with Crippen molar-refractivity contribution in [1.82, 2.24) is 4.98 Å². The molecular formula is C14H14BrFN2O. The van der Waals surface area contributed by atoms with E-state index in [0.29, 0.717) is 21.7 Å². The number of hydrogen-bond donors (Lipinski definition) is 1. The molecule has 0 spiro atoms. The average Bonchev–Trinajstić information content (AvgIpc) is 2.37. The normalized spacial score (nSPS) is 10.5. The Morgan fingerprint density at radius 1 is 1.32 bits per heavy atom. The Morgan fingerprint density at radius 3 is 2.74 bits per heavy atom. The maximum Gasteiger partial charge on any atom is 0.153 e. The van der Waals surface area contributed by atoms with E-state index in [1.807, 2.05) is 26.0 Å². The summed E-state index contributed by atoms with van der Waals surface area (Å²) in [6, 6.07) is 6.41. The lowest BCUT2D eigenvalue weighted by Gasteiger charge is -2.12. The third-order valence-corrected chi connectivity index (χ3v) is 3.29. The Bertz CT molecular complexity index is 617. The van der Waals surface area contributed by atoms with Crippen LogP contribution in [0, 0.1) is 12.7 Å². The van der Waals surface area contributed by atoms with Crippen molar-refractivity contribution in [3.63, 3.8) is 0 Å². The number of hydrogen-bond acceptors (Lipinski definition) is 3. The van der Waals surface area contributed by atoms with Gasteiger partial charge >= 0.3 is 0 Å². The summed E-state index contributed by atoms with van der Waals surface area (Å²) in [6.07, 6.45) is 0.732. The van der Waals surface area contributed by atoms with Crippen LogP contribution in [0.15, 0.2) is 28.7 Å². The zero-order valence-electron chi connectivity index (χ0n) is 10.7. The molecule has 0 aliphatic heterocycles. The van der Waals surface area contributed by atoms with Gasteiger partial charge in [-0.05, 0) is 47.5 Å². The number of halogens is 2. The smallest absolute Gasteiger partial charge is 0.153 e. The number of pyridine rings is 1. The van der Waals surface area contributed by atoms with Gasteiger partial charge in [0.15, 0.2) is 5.75 Å². The highest BCUT2D eigenvalue weighted by Crippen LogP contribution is 2.33. The molecule has 0 unspecified atom stereocenters. The number of nitrogens with zero attached hydrogens (tertiary/aromatic N) is 1. The van der Waals surface area contributed by atoms with Gasteiger partial charge in [0.05, 0.1) is 15.9 Å². The number of rotatable bonds is 3. The first kappa shape index (κ1) is 13.8. The molecular weight excluding hydrogens is 311 g/mol. The second kappa shape index (κ2) is 5.57. The third-order valence-electron chi connectivity index (χ3n) is 2.68. The van der Waals surface area contributed by atoms with Crippen LogP contribution in [-0.2, 0) is 6.42 Å². The molecule has 0 aliphatic rings. The van der Waals surface area contributed by atoms with Gasteiger partial charge < -0.3 is 10.5 Å². The molecule has 19 heavy (non-hydrogen) atoms. The maximum atomic E-state index is 13.5. The quantitative estimate of drug-likeness (QED) is 0.859. The summed E-state index contributed by atoms with van der Waals surface area (Å²) in [5.74, 6) is 0.477. The van der Waals surface area contributed by atoms with E-state index in [0.717, 1.165) is 17.8 Å². The first-order chi connectivity index (χ1) is 9.01. The summed E-state index contributed by atoms with van der Waals surface area (Å²) in [7, 11) is 0. The zero-order chi connectivity index (χ0) is 14.0. The van der Waals surface area contributed by atoms with Gasteiger partial charge in [-0.25, -0.2) is 4.39 Å². The van der Waals surface area contributed by atoms with Crippen molar-refractivity contribution in [3.05, 3.63) is 45.9 Å². The van der Waals surface area contributed by atoms with Gasteiger partial charge in [-0.2, -0.15) is 0 Å². The van der Waals surface area contributed by atoms with Gasteiger partial charge in [-0.3, -0.25) is 4.98 Å². The van der Waals surface area contributed by atoms with Crippen molar-refractivity contribution in [3.8, 4) is 11.5 Å². The second-order valence-corrected chi connectivity index (χ2v) is 5.01. The Labute approximate surface area is 119 Å². The van der Waals surface area contributed by atoms with Crippen LogP contribution < -0.4 is 10.5 Å². The first-order valence-electron chi connectivity index (χ1n) is 5.90. The number of anilines is 1. The third kappa shape index (κ3) is 3.04. The molecule has 100 valence electrons. The Morgan fingerprint density at radius 2 is 2.05 bits per heavy atom. The highest BCUT2D eigenvalue weighted by atomic mass is 79.9. The van der Waals surface area contributed by atoms with Crippen molar-refractivity contribution < 1.29 is 9.13 Å². The van der Waals surface area contributed by atoms with Crippen LogP contribution in [0.5, 0.6) is 11.5 Å². The summed E-state index contributed by atoms with van der Waals surface area (Å²) >= 11 is 3.08. The summed E-state index contributed by atoms with van der Waals surface area (Å²) in [6.45, 7) is 3.90. The van der Waals surface area contributed by atoms with Gasteiger partial charge in [0, 0.05) is 11.8 Å². The van der Waals surface area contributed by atoms with E-state index >= 15 is 0 Å². The van der Waals surface area contributed by atoms with E-state index < -0.39 is 5.82 Å². The van der Waals surface area contributed by atoms with Gasteiger partial charge in [-0.15, -0.1) is 0 Å². The summed E-state index contributed by atoms with van der Waals surface area (Å²) in [5, 5.41) is 0. The number of aromatic nitrogens is 1. The Hall–Kier alpha value is -1.62. The lowest BCUT2D eigenvalue weighted by Crippen LogP contribution is -1.98. The van der Waals surface area contributed by atoms with Crippen LogP contribution in [0.1, 0.15) is 18.3 Å². The van der Waals surface area contributed by atoms with Gasteiger partial charge in [0.1, 0.15) is 11.6 Å². The fourth-order valence-corrected chi connectivity index (χ4v) is 2.06. The molecule has 0 radical (unpaired) electrons. The zero-order valence-corrected chi connectivity index (χ0v) is 12.3. The maximum absolute atomic E-state index is 13.5. The molecule has 1 aromatic carbocycles. The Balaban J connectivity index is 2.39. The molecule has 0 amide bonds. The van der Waals surface area contributed by atoms with Crippen LogP contribution in [0.3, 0.4) is 0 Å². The molecule has 2 aromatic rings. The second-order valence-electron chi connectivity index (χ2n) is 4.16. The van der Waals surface area contributed by atoms with Crippen molar-refractivity contribution in [2.75, 3.05) is 5.73 Å². The van der Waals surface area contributed by atoms with Crippen LogP contribution in [-0.4, -0.2) is 4.98 Å². The predicted octanol–water partition coefficient (Wildman–Crippen LogP) is 4.23. The monoisotopic (exact) mass is 324 g/mol. The van der Waals surface area contributed by atoms with Crippen molar-refractivity contribution in [2.24, 2.45) is 0 Å². The van der Waals surface area contributed by atoms with Gasteiger partial charge in [0.25, 0.3) is 0 Å². The molecule has 2 rings (SSSR count). The lowest BCUT2D eigenvalue weighted by molar-refractivity contribution is 0.469. The van der Waals surface area contributed by atoms with Gasteiger partial charge in [0.2, 0.25) is 0 Å². The molecule has 0 bridgehead atoms. The van der Waals surface area contributed by atoms with E-state index in [1.165, 1.54) is 12.1 Å². The minimum Gasteiger partial charge on any atom is -0.453 e. The molecule has 1 aromatic heterocycles. The van der Waals surface area contributed by atoms with Crippen LogP contribution in [0.25, 0.3) is 0 Å². The van der Waals surface area contributed by atoms with E-state index in [2.05, 4.69) is 20.9 Å². The molecule has 1 heterocycles. The van der Waals surface area contributed by atoms with E-state index in [1.54, 1.807) is 0 Å². The predicted molar refractivity (Wildman–Crippen MR) is 76.9 cm³/mol. The van der Waals surface area contributed by atoms with E-state index in [-0.39, 0.29) is 0 Å². The van der Waals surface area contributed by atoms with E-state index in [4.69, 9.17) is 10.5 Å². The average molecular weight is 325 g/mol. The standard InChI is InChI=1S/C14H14BrFN2O/c1-3-12-13(5-4-8(2)18-12)19-14-7-10(16)9(15)6-11(14)17/h4-7H,3,17H2,1-2H3. The van der Waals surface area contributed by atoms with Crippen LogP contribution in [0.2, 0.25) is 0 Å². The number of aryl methyl sites for hydroxylation is 2. The molecule has 0 saturated carbocycles. The largest absolute Gasteiger partial charge is 0.453 e. The molecule has 3 nitrogen and oxygen atoms in total. The van der Waals surface area contributed by atoms with Crippen molar-refractivity contribution in [1.29, 1.82) is 0 Å². The van der Waals surface area contributed by atoms with E-state index in [9.17, 15) is 4.39 Å². The SMILES string of the molecule is CCc1nc(C)ccc1Oc1cc(F)c(Br)cc1N. The van der Waals surface area contributed by atoms with Gasteiger partial charge in [-0.1, -0.05) is 6.92 Å². The minimum absolute atomic E-state index is 0.293. The lowest BCUT2D eigenvalue weighted by atomic mass is 10.2. The molecule has 5 heteroatoms. The minimum atomic E-state index is -0.415. The topological polar surface area (TPSA) is 48.1 Å². The fraction of sp³-hybridized carbons (Fsp3) is 0.214. The fourth-order valence-electron chi connectivity index (χ4n) is 1.69. The van der Waals surface area contributed by atoms with Crippen LogP contribution in [0.4, 0.5) is 10.1 Å². The summed E-state index contributed by atoms with van der Waals surface area (Å²) in [5.41, 5.74) is 7.93. The number of benzene rings is 1.